The number of likely N-dealkylation sites (tertiary alicyclic amines) is 1. The van der Waals surface area contributed by atoms with Gasteiger partial charge in [0.05, 0.1) is 6.61 Å². The predicted octanol–water partition coefficient (Wildman–Crippen LogP) is 3.55. The zero-order valence-electron chi connectivity index (χ0n) is 15.7. The molecule has 0 bridgehead atoms. The van der Waals surface area contributed by atoms with Gasteiger partial charge in [-0.2, -0.15) is 0 Å². The molecule has 1 fully saturated rings. The molecule has 1 aliphatic rings. The summed E-state index contributed by atoms with van der Waals surface area (Å²) in [7, 11) is 0. The molecule has 1 heterocycles. The lowest BCUT2D eigenvalue weighted by Crippen LogP contribution is -2.33. The summed E-state index contributed by atoms with van der Waals surface area (Å²) >= 11 is 0. The third kappa shape index (κ3) is 6.12. The van der Waals surface area contributed by atoms with E-state index in [-0.39, 0.29) is 30.8 Å². The third-order valence-electron chi connectivity index (χ3n) is 4.81. The van der Waals surface area contributed by atoms with E-state index in [0.29, 0.717) is 37.2 Å². The molecule has 1 N–H and O–H groups in total. The zero-order valence-corrected chi connectivity index (χ0v) is 15.7. The minimum atomic E-state index is -4.74. The second kappa shape index (κ2) is 9.17. The Morgan fingerprint density at radius 1 is 1.14 bits per heavy atom. The molecule has 0 saturated carbocycles. The van der Waals surface area contributed by atoms with Gasteiger partial charge in [0, 0.05) is 13.1 Å². The molecule has 1 saturated heterocycles. The van der Waals surface area contributed by atoms with E-state index in [9.17, 15) is 18.0 Å². The van der Waals surface area contributed by atoms with Crippen LogP contribution in [0.1, 0.15) is 17.5 Å². The molecule has 0 aromatic heterocycles. The van der Waals surface area contributed by atoms with Crippen LogP contribution in [0.25, 0.3) is 0 Å². The maximum Gasteiger partial charge on any atom is 0.573 e. The first-order valence-electron chi connectivity index (χ1n) is 9.28. The highest BCUT2D eigenvalue weighted by molar-refractivity contribution is 5.78. The standard InChI is InChI=1S/C21H22F3NO4/c22-21(23,24)29-19-4-2-1-3-17(19)11-16-9-10-25(12-16)20(27)14-28-18-7-5-15(13-26)6-8-18/h1-8,16,26H,9-14H2/t16-/m1/s1. The zero-order chi connectivity index (χ0) is 20.9. The average molecular weight is 409 g/mol. The van der Waals surface area contributed by atoms with Gasteiger partial charge in [-0.1, -0.05) is 30.3 Å². The summed E-state index contributed by atoms with van der Waals surface area (Å²) in [5.41, 5.74) is 1.23. The minimum absolute atomic E-state index is 0.0563. The molecule has 5 nitrogen and oxygen atoms in total. The Hall–Kier alpha value is -2.74. The highest BCUT2D eigenvalue weighted by Crippen LogP contribution is 2.30. The van der Waals surface area contributed by atoms with Crippen molar-refractivity contribution in [3.05, 3.63) is 59.7 Å². The fourth-order valence-electron chi connectivity index (χ4n) is 3.36. The van der Waals surface area contributed by atoms with E-state index < -0.39 is 6.36 Å². The summed E-state index contributed by atoms with van der Waals surface area (Å²) in [4.78, 5) is 14.0. The monoisotopic (exact) mass is 409 g/mol. The average Bonchev–Trinajstić information content (AvgIpc) is 3.15. The topological polar surface area (TPSA) is 59.0 Å². The van der Waals surface area contributed by atoms with Crippen LogP contribution in [0.3, 0.4) is 0 Å². The molecule has 156 valence electrons. The van der Waals surface area contributed by atoms with Crippen molar-refractivity contribution in [2.45, 2.75) is 25.8 Å². The molecule has 2 aromatic rings. The first-order chi connectivity index (χ1) is 13.8. The number of nitrogens with zero attached hydrogens (tertiary/aromatic N) is 1. The summed E-state index contributed by atoms with van der Waals surface area (Å²) in [5, 5.41) is 9.03. The molecular weight excluding hydrogens is 387 g/mol. The van der Waals surface area contributed by atoms with Gasteiger partial charge in [-0.15, -0.1) is 13.2 Å². The van der Waals surface area contributed by atoms with Gasteiger partial charge in [-0.3, -0.25) is 4.79 Å². The minimum Gasteiger partial charge on any atom is -0.484 e. The Balaban J connectivity index is 1.51. The van der Waals surface area contributed by atoms with Crippen molar-refractivity contribution in [1.82, 2.24) is 4.90 Å². The number of para-hydroxylation sites is 1. The molecule has 0 radical (unpaired) electrons. The second-order valence-corrected chi connectivity index (χ2v) is 6.94. The molecule has 1 aliphatic heterocycles. The normalized spacial score (nSPS) is 16.7. The Morgan fingerprint density at radius 3 is 2.55 bits per heavy atom. The number of hydrogen-bond acceptors (Lipinski definition) is 4. The molecule has 1 amide bonds. The number of ether oxygens (including phenoxy) is 2. The summed E-state index contributed by atoms with van der Waals surface area (Å²) in [6.07, 6.45) is -3.63. The quantitative estimate of drug-likeness (QED) is 0.760. The van der Waals surface area contributed by atoms with Gasteiger partial charge < -0.3 is 19.5 Å². The number of amides is 1. The Kier molecular flexibility index (Phi) is 6.64. The number of carbonyl (C=O) groups excluding carboxylic acids is 1. The van der Waals surface area contributed by atoms with E-state index in [0.717, 1.165) is 5.56 Å². The van der Waals surface area contributed by atoms with Gasteiger partial charge >= 0.3 is 6.36 Å². The van der Waals surface area contributed by atoms with Gasteiger partial charge in [-0.05, 0) is 48.1 Å². The molecular formula is C21H22F3NO4. The van der Waals surface area contributed by atoms with Crippen LogP contribution >= 0.6 is 0 Å². The van der Waals surface area contributed by atoms with E-state index in [4.69, 9.17) is 9.84 Å². The van der Waals surface area contributed by atoms with E-state index in [1.165, 1.54) is 12.1 Å². The van der Waals surface area contributed by atoms with Gasteiger partial charge in [0.15, 0.2) is 6.61 Å². The molecule has 3 rings (SSSR count). The number of aliphatic hydroxyl groups is 1. The number of aliphatic hydroxyl groups excluding tert-OH is 1. The Morgan fingerprint density at radius 2 is 1.86 bits per heavy atom. The summed E-state index contributed by atoms with van der Waals surface area (Å²) in [6, 6.07) is 12.9. The molecule has 0 spiro atoms. The smallest absolute Gasteiger partial charge is 0.484 e. The van der Waals surface area contributed by atoms with Crippen LogP contribution < -0.4 is 9.47 Å². The first-order valence-corrected chi connectivity index (χ1v) is 9.28. The van der Waals surface area contributed by atoms with Crippen molar-refractivity contribution in [2.75, 3.05) is 19.7 Å². The van der Waals surface area contributed by atoms with Crippen molar-refractivity contribution in [1.29, 1.82) is 0 Å². The van der Waals surface area contributed by atoms with Crippen LogP contribution in [0.2, 0.25) is 0 Å². The summed E-state index contributed by atoms with van der Waals surface area (Å²) < 4.78 is 47.3. The first kappa shape index (κ1) is 21.0. The molecule has 0 aliphatic carbocycles. The highest BCUT2D eigenvalue weighted by Gasteiger charge is 2.33. The lowest BCUT2D eigenvalue weighted by atomic mass is 9.98. The Labute approximate surface area is 166 Å². The predicted molar refractivity (Wildman–Crippen MR) is 99.4 cm³/mol. The number of benzene rings is 2. The molecule has 1 atom stereocenters. The van der Waals surface area contributed by atoms with E-state index in [1.807, 2.05) is 0 Å². The van der Waals surface area contributed by atoms with Gasteiger partial charge in [-0.25, -0.2) is 0 Å². The van der Waals surface area contributed by atoms with Crippen molar-refractivity contribution in [2.24, 2.45) is 5.92 Å². The molecule has 2 aromatic carbocycles. The fourth-order valence-corrected chi connectivity index (χ4v) is 3.36. The maximum absolute atomic E-state index is 12.6. The van der Waals surface area contributed by atoms with Crippen LogP contribution in [0, 0.1) is 5.92 Å². The number of rotatable bonds is 7. The van der Waals surface area contributed by atoms with Gasteiger partial charge in [0.25, 0.3) is 5.91 Å². The van der Waals surface area contributed by atoms with Crippen LogP contribution in [0.5, 0.6) is 11.5 Å². The molecule has 0 unspecified atom stereocenters. The second-order valence-electron chi connectivity index (χ2n) is 6.94. The summed E-state index contributed by atoms with van der Waals surface area (Å²) in [6.45, 7) is 0.828. The summed E-state index contributed by atoms with van der Waals surface area (Å²) in [5.74, 6) is 0.225. The molecule has 8 heteroatoms. The fraction of sp³-hybridized carbons (Fsp3) is 0.381. The van der Waals surface area contributed by atoms with E-state index in [1.54, 1.807) is 41.3 Å². The SMILES string of the molecule is O=C(COc1ccc(CO)cc1)N1CC[C@H](Cc2ccccc2OC(F)(F)F)C1. The molecule has 29 heavy (non-hydrogen) atoms. The van der Waals surface area contributed by atoms with Crippen LogP contribution in [-0.2, 0) is 17.8 Å². The van der Waals surface area contributed by atoms with Crippen LogP contribution in [-0.4, -0.2) is 42.0 Å². The lowest BCUT2D eigenvalue weighted by Gasteiger charge is -2.18. The number of halogens is 3. The lowest BCUT2D eigenvalue weighted by molar-refractivity contribution is -0.274. The van der Waals surface area contributed by atoms with Gasteiger partial charge in [0.1, 0.15) is 11.5 Å². The van der Waals surface area contributed by atoms with Crippen molar-refractivity contribution in [3.63, 3.8) is 0 Å². The number of alkyl halides is 3. The van der Waals surface area contributed by atoms with Crippen LogP contribution in [0.15, 0.2) is 48.5 Å². The van der Waals surface area contributed by atoms with Crippen molar-refractivity contribution < 1.29 is 32.5 Å². The largest absolute Gasteiger partial charge is 0.573 e. The maximum atomic E-state index is 12.6. The van der Waals surface area contributed by atoms with E-state index in [2.05, 4.69) is 4.74 Å². The highest BCUT2D eigenvalue weighted by atomic mass is 19.4. The van der Waals surface area contributed by atoms with Crippen molar-refractivity contribution >= 4 is 5.91 Å². The van der Waals surface area contributed by atoms with Crippen molar-refractivity contribution in [3.8, 4) is 11.5 Å². The third-order valence-corrected chi connectivity index (χ3v) is 4.81. The number of carbonyl (C=O) groups is 1. The van der Waals surface area contributed by atoms with E-state index >= 15 is 0 Å². The van der Waals surface area contributed by atoms with Gasteiger partial charge in [0.2, 0.25) is 0 Å². The number of hydrogen-bond donors (Lipinski definition) is 1. The van der Waals surface area contributed by atoms with Crippen LogP contribution in [0.4, 0.5) is 13.2 Å². The Bertz CT molecular complexity index is 823.